The highest BCUT2D eigenvalue weighted by atomic mass is 127. The van der Waals surface area contributed by atoms with Crippen molar-refractivity contribution in [2.45, 2.75) is 64.0 Å². The second-order valence-electron chi connectivity index (χ2n) is 6.42. The number of alkyl halides is 2. The van der Waals surface area contributed by atoms with Crippen LogP contribution in [-0.2, 0) is 4.43 Å². The summed E-state index contributed by atoms with van der Waals surface area (Å²) < 4.78 is 21.1. The quantitative estimate of drug-likeness (QED) is 0.408. The zero-order valence-electron chi connectivity index (χ0n) is 11.0. The Balaban J connectivity index is 2.61. The first-order valence-electron chi connectivity index (χ1n) is 6.05. The van der Waals surface area contributed by atoms with Crippen molar-refractivity contribution in [2.75, 3.05) is 4.43 Å². The molecule has 0 N–H and O–H groups in total. The van der Waals surface area contributed by atoms with Crippen LogP contribution in [0, 0.1) is 5.92 Å². The normalized spacial score (nSPS) is 32.1. The van der Waals surface area contributed by atoms with Crippen LogP contribution >= 0.6 is 22.6 Å². The fourth-order valence-corrected chi connectivity index (χ4v) is 3.92. The van der Waals surface area contributed by atoms with E-state index in [0.717, 1.165) is 10.8 Å². The first kappa shape index (κ1) is 14.9. The molecule has 96 valence electrons. The van der Waals surface area contributed by atoms with Crippen LogP contribution in [0.3, 0.4) is 0 Å². The van der Waals surface area contributed by atoms with Gasteiger partial charge in [-0.1, -0.05) is 43.4 Å². The maximum absolute atomic E-state index is 13.8. The molecule has 1 nitrogen and oxygen atoms in total. The van der Waals surface area contributed by atoms with E-state index in [9.17, 15) is 4.39 Å². The lowest BCUT2D eigenvalue weighted by Gasteiger charge is -2.38. The summed E-state index contributed by atoms with van der Waals surface area (Å²) in [6, 6.07) is 0. The molecule has 16 heavy (non-hydrogen) atoms. The highest BCUT2D eigenvalue weighted by Gasteiger charge is 2.43. The first-order chi connectivity index (χ1) is 7.17. The number of hydrogen-bond donors (Lipinski definition) is 0. The van der Waals surface area contributed by atoms with Crippen molar-refractivity contribution in [3.8, 4) is 0 Å². The molecule has 0 saturated heterocycles. The molecule has 1 aliphatic rings. The van der Waals surface area contributed by atoms with Crippen molar-refractivity contribution in [1.82, 2.24) is 0 Å². The Morgan fingerprint density at radius 1 is 1.31 bits per heavy atom. The van der Waals surface area contributed by atoms with Crippen LogP contribution in [0.15, 0.2) is 0 Å². The number of rotatable bonds is 3. The van der Waals surface area contributed by atoms with E-state index in [1.54, 1.807) is 0 Å². The second kappa shape index (κ2) is 5.22. The van der Waals surface area contributed by atoms with Crippen molar-refractivity contribution in [3.05, 3.63) is 0 Å². The third-order valence-electron chi connectivity index (χ3n) is 4.00. The van der Waals surface area contributed by atoms with Crippen molar-refractivity contribution >= 4 is 30.9 Å². The van der Waals surface area contributed by atoms with Gasteiger partial charge in [0.2, 0.25) is 0 Å². The number of halogens is 2. The Labute approximate surface area is 114 Å². The first-order valence-corrected chi connectivity index (χ1v) is 10.5. The van der Waals surface area contributed by atoms with Gasteiger partial charge in [0.25, 0.3) is 0 Å². The molecule has 0 spiro atoms. The van der Waals surface area contributed by atoms with E-state index >= 15 is 0 Å². The van der Waals surface area contributed by atoms with Gasteiger partial charge in [0, 0.05) is 4.43 Å². The van der Waals surface area contributed by atoms with Crippen LogP contribution in [0.4, 0.5) is 4.39 Å². The lowest BCUT2D eigenvalue weighted by Crippen LogP contribution is -2.45. The summed E-state index contributed by atoms with van der Waals surface area (Å²) in [7, 11) is -1.80. The topological polar surface area (TPSA) is 9.23 Å². The fourth-order valence-electron chi connectivity index (χ4n) is 1.85. The molecule has 0 heterocycles. The minimum atomic E-state index is -1.80. The molecule has 0 radical (unpaired) electrons. The zero-order chi connectivity index (χ0) is 12.6. The maximum Gasteiger partial charge on any atom is 0.192 e. The molecule has 4 heteroatoms. The van der Waals surface area contributed by atoms with Gasteiger partial charge in [-0.05, 0) is 36.9 Å². The van der Waals surface area contributed by atoms with Crippen molar-refractivity contribution in [2.24, 2.45) is 5.92 Å². The SMILES string of the molecule is CC(C)(C)[Si](C)(C)OC1CC(CI)CC1F. The molecule has 0 aromatic heterocycles. The van der Waals surface area contributed by atoms with Gasteiger partial charge in [0.05, 0.1) is 6.10 Å². The van der Waals surface area contributed by atoms with E-state index < -0.39 is 14.5 Å². The van der Waals surface area contributed by atoms with Crippen LogP contribution in [0.2, 0.25) is 18.1 Å². The molecular weight excluding hydrogens is 334 g/mol. The van der Waals surface area contributed by atoms with E-state index in [1.807, 2.05) is 0 Å². The number of hydrogen-bond acceptors (Lipinski definition) is 1. The van der Waals surface area contributed by atoms with Gasteiger partial charge < -0.3 is 4.43 Å². The molecule has 0 amide bonds. The highest BCUT2D eigenvalue weighted by molar-refractivity contribution is 14.1. The third-order valence-corrected chi connectivity index (χ3v) is 9.75. The molecule has 0 aromatic carbocycles. The predicted octanol–water partition coefficient (Wildman–Crippen LogP) is 4.56. The Morgan fingerprint density at radius 3 is 2.25 bits per heavy atom. The molecule has 3 atom stereocenters. The molecule has 1 aliphatic carbocycles. The molecular formula is C12H24FIOSi. The predicted molar refractivity (Wildman–Crippen MR) is 78.6 cm³/mol. The second-order valence-corrected chi connectivity index (χ2v) is 12.1. The molecule has 1 saturated carbocycles. The summed E-state index contributed by atoms with van der Waals surface area (Å²) in [6.45, 7) is 11.0. The van der Waals surface area contributed by atoms with Crippen LogP contribution < -0.4 is 0 Å². The lowest BCUT2D eigenvalue weighted by atomic mass is 10.1. The zero-order valence-corrected chi connectivity index (χ0v) is 14.2. The van der Waals surface area contributed by atoms with Crippen molar-refractivity contribution < 1.29 is 8.82 Å². The van der Waals surface area contributed by atoms with E-state index in [-0.39, 0.29) is 11.1 Å². The van der Waals surface area contributed by atoms with Gasteiger partial charge in [-0.3, -0.25) is 0 Å². The summed E-state index contributed by atoms with van der Waals surface area (Å²) in [5.41, 5.74) is 0. The van der Waals surface area contributed by atoms with E-state index in [4.69, 9.17) is 4.43 Å². The molecule has 1 fully saturated rings. The maximum atomic E-state index is 13.8. The molecule has 0 aromatic rings. The molecule has 0 aliphatic heterocycles. The van der Waals surface area contributed by atoms with Gasteiger partial charge in [0.15, 0.2) is 8.32 Å². The minimum absolute atomic E-state index is 0.138. The Bertz CT molecular complexity index is 240. The van der Waals surface area contributed by atoms with Gasteiger partial charge in [-0.15, -0.1) is 0 Å². The van der Waals surface area contributed by atoms with Crippen LogP contribution in [0.5, 0.6) is 0 Å². The van der Waals surface area contributed by atoms with Crippen LogP contribution in [0.25, 0.3) is 0 Å². The van der Waals surface area contributed by atoms with E-state index in [0.29, 0.717) is 12.3 Å². The van der Waals surface area contributed by atoms with Crippen LogP contribution in [0.1, 0.15) is 33.6 Å². The van der Waals surface area contributed by atoms with Crippen molar-refractivity contribution in [1.29, 1.82) is 0 Å². The van der Waals surface area contributed by atoms with Crippen LogP contribution in [-0.4, -0.2) is 25.0 Å². The highest BCUT2D eigenvalue weighted by Crippen LogP contribution is 2.41. The monoisotopic (exact) mass is 358 g/mol. The summed E-state index contributed by atoms with van der Waals surface area (Å²) in [5.74, 6) is 0.519. The van der Waals surface area contributed by atoms with Gasteiger partial charge in [0.1, 0.15) is 6.17 Å². The largest absolute Gasteiger partial charge is 0.411 e. The van der Waals surface area contributed by atoms with E-state index in [1.165, 1.54) is 0 Å². The standard InChI is InChI=1S/C12H24FIOSi/c1-12(2,3)16(4,5)15-11-7-9(8-14)6-10(11)13/h9-11H,6-8H2,1-5H3. The summed E-state index contributed by atoms with van der Waals surface area (Å²) in [5, 5.41) is 0.176. The summed E-state index contributed by atoms with van der Waals surface area (Å²) >= 11 is 2.35. The lowest BCUT2D eigenvalue weighted by molar-refractivity contribution is 0.111. The van der Waals surface area contributed by atoms with Gasteiger partial charge >= 0.3 is 0 Å². The van der Waals surface area contributed by atoms with Gasteiger partial charge in [-0.25, -0.2) is 4.39 Å². The average Bonchev–Trinajstić information content (AvgIpc) is 2.44. The minimum Gasteiger partial charge on any atom is -0.411 e. The average molecular weight is 358 g/mol. The summed E-state index contributed by atoms with van der Waals surface area (Å²) in [4.78, 5) is 0. The van der Waals surface area contributed by atoms with Crippen molar-refractivity contribution in [3.63, 3.8) is 0 Å². The molecule has 0 bridgehead atoms. The fraction of sp³-hybridized carbons (Fsp3) is 1.00. The molecule has 1 rings (SSSR count). The Hall–Kier alpha value is 0.837. The van der Waals surface area contributed by atoms with E-state index in [2.05, 4.69) is 56.5 Å². The third kappa shape index (κ3) is 3.42. The smallest absolute Gasteiger partial charge is 0.192 e. The van der Waals surface area contributed by atoms with Gasteiger partial charge in [-0.2, -0.15) is 0 Å². The summed E-state index contributed by atoms with van der Waals surface area (Å²) in [6.07, 6.45) is 0.730. The molecule has 3 unspecified atom stereocenters. The Morgan fingerprint density at radius 2 is 1.88 bits per heavy atom. The Kier molecular flexibility index (Phi) is 4.86.